The topological polar surface area (TPSA) is 82.4 Å². The van der Waals surface area contributed by atoms with Crippen molar-refractivity contribution in [3.05, 3.63) is 84.5 Å². The normalized spacial score (nSPS) is 15.3. The maximum atomic E-state index is 13.8. The molecule has 0 amide bonds. The molecule has 0 bridgehead atoms. The predicted molar refractivity (Wildman–Crippen MR) is 141 cm³/mol. The second-order valence-corrected chi connectivity index (χ2v) is 9.41. The Hall–Kier alpha value is -3.85. The van der Waals surface area contributed by atoms with Gasteiger partial charge in [0.15, 0.2) is 4.80 Å². The lowest BCUT2D eigenvalue weighted by Gasteiger charge is -2.26. The molecule has 3 aromatic rings. The highest BCUT2D eigenvalue weighted by Gasteiger charge is 2.35. The van der Waals surface area contributed by atoms with Crippen LogP contribution in [0.5, 0.6) is 11.5 Å². The molecule has 0 fully saturated rings. The summed E-state index contributed by atoms with van der Waals surface area (Å²) in [7, 11) is 7.06. The average Bonchev–Trinajstić information content (AvgIpc) is 3.17. The summed E-state index contributed by atoms with van der Waals surface area (Å²) in [5, 5.41) is 0. The van der Waals surface area contributed by atoms with Crippen LogP contribution in [-0.4, -0.2) is 45.5 Å². The number of thiazole rings is 1. The summed E-state index contributed by atoms with van der Waals surface area (Å²) < 4.78 is 18.4. The van der Waals surface area contributed by atoms with E-state index in [0.717, 1.165) is 11.3 Å². The fraction of sp³-hybridized carbons (Fsp3) is 0.296. The number of carbonyl (C=O) groups is 1. The molecule has 0 spiro atoms. The molecule has 1 atom stereocenters. The molecular weight excluding hydrogens is 478 g/mol. The van der Waals surface area contributed by atoms with Crippen LogP contribution in [0.4, 0.5) is 5.69 Å². The van der Waals surface area contributed by atoms with E-state index in [1.54, 1.807) is 50.8 Å². The number of aromatic nitrogens is 1. The molecular formula is C27H29N3O5S. The molecule has 1 aromatic heterocycles. The van der Waals surface area contributed by atoms with E-state index < -0.39 is 12.0 Å². The molecule has 1 aliphatic rings. The summed E-state index contributed by atoms with van der Waals surface area (Å²) in [6, 6.07) is 12.5. The van der Waals surface area contributed by atoms with Gasteiger partial charge in [-0.15, -0.1) is 0 Å². The van der Waals surface area contributed by atoms with Gasteiger partial charge >= 0.3 is 5.97 Å². The number of methoxy groups -OCH3 is 2. The van der Waals surface area contributed by atoms with Crippen LogP contribution in [0.15, 0.2) is 63.5 Å². The Labute approximate surface area is 213 Å². The number of carbonyl (C=O) groups excluding carboxylic acids is 1. The van der Waals surface area contributed by atoms with Crippen LogP contribution >= 0.6 is 11.3 Å². The van der Waals surface area contributed by atoms with Gasteiger partial charge in [0.25, 0.3) is 5.56 Å². The number of esters is 1. The number of hydrogen-bond acceptors (Lipinski definition) is 8. The fourth-order valence-corrected chi connectivity index (χ4v) is 5.20. The molecule has 8 nitrogen and oxygen atoms in total. The number of nitrogens with zero attached hydrogens (tertiary/aromatic N) is 3. The Balaban J connectivity index is 1.94. The highest BCUT2D eigenvalue weighted by molar-refractivity contribution is 7.07. The van der Waals surface area contributed by atoms with Gasteiger partial charge in [0, 0.05) is 31.4 Å². The number of hydrogen-bond donors (Lipinski definition) is 0. The minimum atomic E-state index is -0.764. The van der Waals surface area contributed by atoms with E-state index >= 15 is 0 Å². The minimum absolute atomic E-state index is 0.204. The lowest BCUT2D eigenvalue weighted by Crippen LogP contribution is -2.40. The summed E-state index contributed by atoms with van der Waals surface area (Å²) in [4.78, 5) is 34.0. The molecule has 0 saturated carbocycles. The Bertz CT molecular complexity index is 1500. The predicted octanol–water partition coefficient (Wildman–Crippen LogP) is 2.88. The minimum Gasteiger partial charge on any atom is -0.497 e. The molecule has 0 radical (unpaired) electrons. The van der Waals surface area contributed by atoms with Crippen molar-refractivity contribution in [3.8, 4) is 11.5 Å². The molecule has 0 aliphatic carbocycles. The summed E-state index contributed by atoms with van der Waals surface area (Å²) in [5.74, 6) is 0.572. The van der Waals surface area contributed by atoms with E-state index in [4.69, 9.17) is 14.2 Å². The molecule has 9 heteroatoms. The maximum Gasteiger partial charge on any atom is 0.338 e. The van der Waals surface area contributed by atoms with Crippen LogP contribution in [-0.2, 0) is 9.53 Å². The zero-order valence-corrected chi connectivity index (χ0v) is 22.0. The molecule has 1 aliphatic heterocycles. The van der Waals surface area contributed by atoms with E-state index in [-0.39, 0.29) is 12.2 Å². The van der Waals surface area contributed by atoms with Crippen LogP contribution in [0.3, 0.4) is 0 Å². The van der Waals surface area contributed by atoms with Gasteiger partial charge in [-0.25, -0.2) is 9.79 Å². The van der Waals surface area contributed by atoms with Crippen molar-refractivity contribution >= 4 is 29.1 Å². The first kappa shape index (κ1) is 25.2. The first-order chi connectivity index (χ1) is 17.3. The second kappa shape index (κ2) is 10.4. The van der Waals surface area contributed by atoms with Crippen LogP contribution < -0.4 is 29.3 Å². The summed E-state index contributed by atoms with van der Waals surface area (Å²) in [6.07, 6.45) is 1.84. The van der Waals surface area contributed by atoms with Crippen molar-refractivity contribution in [3.63, 3.8) is 0 Å². The van der Waals surface area contributed by atoms with Gasteiger partial charge < -0.3 is 19.1 Å². The standard InChI is InChI=1S/C27H29N3O5S/c1-7-35-26(32)23-16(2)28-27-30(24(23)20-13-12-19(33-5)15-21(20)34-6)25(31)22(36-27)14-17-8-10-18(11-9-17)29(3)4/h8-15,24H,7H2,1-6H3/b22-14+/t24-/m0/s1. The van der Waals surface area contributed by atoms with Crippen LogP contribution in [0.25, 0.3) is 6.08 Å². The zero-order chi connectivity index (χ0) is 26.0. The number of anilines is 1. The largest absolute Gasteiger partial charge is 0.497 e. The van der Waals surface area contributed by atoms with Crippen molar-refractivity contribution in [1.82, 2.24) is 4.57 Å². The number of ether oxygens (including phenoxy) is 3. The maximum absolute atomic E-state index is 13.8. The second-order valence-electron chi connectivity index (χ2n) is 8.40. The van der Waals surface area contributed by atoms with Gasteiger partial charge in [-0.2, -0.15) is 0 Å². The summed E-state index contributed by atoms with van der Waals surface area (Å²) >= 11 is 1.28. The third-order valence-corrected chi connectivity index (χ3v) is 6.94. The number of rotatable bonds is 7. The third-order valence-electron chi connectivity index (χ3n) is 5.96. The molecule has 2 aromatic carbocycles. The van der Waals surface area contributed by atoms with Gasteiger partial charge in [0.1, 0.15) is 17.5 Å². The van der Waals surface area contributed by atoms with Gasteiger partial charge in [-0.05, 0) is 49.8 Å². The molecule has 36 heavy (non-hydrogen) atoms. The van der Waals surface area contributed by atoms with E-state index in [1.807, 2.05) is 49.3 Å². The monoisotopic (exact) mass is 507 g/mol. The third kappa shape index (κ3) is 4.66. The van der Waals surface area contributed by atoms with Crippen molar-refractivity contribution in [2.75, 3.05) is 39.8 Å². The Morgan fingerprint density at radius 1 is 1.14 bits per heavy atom. The Morgan fingerprint density at radius 2 is 1.86 bits per heavy atom. The van der Waals surface area contributed by atoms with Crippen LogP contribution in [0.2, 0.25) is 0 Å². The van der Waals surface area contributed by atoms with E-state index in [1.165, 1.54) is 11.3 Å². The van der Waals surface area contributed by atoms with Crippen LogP contribution in [0, 0.1) is 0 Å². The van der Waals surface area contributed by atoms with Crippen molar-refractivity contribution in [1.29, 1.82) is 0 Å². The number of allylic oxidation sites excluding steroid dienone is 1. The molecule has 0 unspecified atom stereocenters. The van der Waals surface area contributed by atoms with Crippen molar-refractivity contribution in [2.24, 2.45) is 4.99 Å². The number of benzene rings is 2. The van der Waals surface area contributed by atoms with Gasteiger partial charge in [0.05, 0.1) is 36.6 Å². The number of fused-ring (bicyclic) bond motifs is 1. The highest BCUT2D eigenvalue weighted by atomic mass is 32.1. The van der Waals surface area contributed by atoms with Crippen molar-refractivity contribution in [2.45, 2.75) is 19.9 Å². The fourth-order valence-electron chi connectivity index (χ4n) is 4.15. The quantitative estimate of drug-likeness (QED) is 0.458. The van der Waals surface area contributed by atoms with E-state index in [2.05, 4.69) is 4.99 Å². The zero-order valence-electron chi connectivity index (χ0n) is 21.2. The smallest absolute Gasteiger partial charge is 0.338 e. The molecule has 188 valence electrons. The highest BCUT2D eigenvalue weighted by Crippen LogP contribution is 2.37. The average molecular weight is 508 g/mol. The van der Waals surface area contributed by atoms with Gasteiger partial charge in [0.2, 0.25) is 0 Å². The molecule has 0 saturated heterocycles. The lowest BCUT2D eigenvalue weighted by atomic mass is 9.95. The summed E-state index contributed by atoms with van der Waals surface area (Å²) in [5.41, 5.74) is 3.15. The first-order valence-electron chi connectivity index (χ1n) is 11.5. The molecule has 4 rings (SSSR count). The molecule has 0 N–H and O–H groups in total. The SMILES string of the molecule is CCOC(=O)C1=C(C)N=c2s/c(=C/c3ccc(N(C)C)cc3)c(=O)n2[C@H]1c1ccc(OC)cc1OC. The Kier molecular flexibility index (Phi) is 7.30. The van der Waals surface area contributed by atoms with Crippen LogP contribution in [0.1, 0.15) is 31.0 Å². The van der Waals surface area contributed by atoms with Crippen molar-refractivity contribution < 1.29 is 19.0 Å². The van der Waals surface area contributed by atoms with Gasteiger partial charge in [-0.3, -0.25) is 9.36 Å². The Morgan fingerprint density at radius 3 is 2.47 bits per heavy atom. The van der Waals surface area contributed by atoms with E-state index in [0.29, 0.717) is 37.7 Å². The summed E-state index contributed by atoms with van der Waals surface area (Å²) in [6.45, 7) is 3.70. The first-order valence-corrected chi connectivity index (χ1v) is 12.3. The molecule has 2 heterocycles. The van der Waals surface area contributed by atoms with Gasteiger partial charge in [-0.1, -0.05) is 23.5 Å². The van der Waals surface area contributed by atoms with E-state index in [9.17, 15) is 9.59 Å². The lowest BCUT2D eigenvalue weighted by molar-refractivity contribution is -0.139.